The Hall–Kier alpha value is -1.31. The predicted octanol–water partition coefficient (Wildman–Crippen LogP) is 2.75. The van der Waals surface area contributed by atoms with Gasteiger partial charge in [0.1, 0.15) is 5.82 Å². The minimum Gasteiger partial charge on any atom is -0.504 e. The highest BCUT2D eigenvalue weighted by Crippen LogP contribution is 2.12. The van der Waals surface area contributed by atoms with Crippen molar-refractivity contribution in [2.24, 2.45) is 0 Å². The summed E-state index contributed by atoms with van der Waals surface area (Å²) in [6.45, 7) is 1.74. The normalized spacial score (nSPS) is 10.6. The number of aryl methyl sites for hydroxylation is 1. The van der Waals surface area contributed by atoms with Crippen LogP contribution in [-0.4, -0.2) is 7.11 Å². The smallest absolute Gasteiger partial charge is 0.133 e. The summed E-state index contributed by atoms with van der Waals surface area (Å²) in [5.41, 5.74) is 1.20. The van der Waals surface area contributed by atoms with E-state index < -0.39 is 0 Å². The van der Waals surface area contributed by atoms with E-state index in [1.807, 2.05) is 6.07 Å². The number of rotatable bonds is 2. The molecule has 0 aliphatic heterocycles. The van der Waals surface area contributed by atoms with Gasteiger partial charge in [0.25, 0.3) is 0 Å². The Kier molecular flexibility index (Phi) is 2.86. The molecule has 0 saturated heterocycles. The van der Waals surface area contributed by atoms with Crippen LogP contribution >= 0.6 is 0 Å². The number of hydrogen-bond acceptors (Lipinski definition) is 1. The lowest BCUT2D eigenvalue weighted by atomic mass is 10.1. The van der Waals surface area contributed by atoms with Gasteiger partial charge in [0.05, 0.1) is 13.4 Å². The molecule has 1 aromatic carbocycles. The third-order valence-corrected chi connectivity index (χ3v) is 1.61. The molecule has 0 saturated carbocycles. The van der Waals surface area contributed by atoms with Gasteiger partial charge in [0.15, 0.2) is 0 Å². The molecule has 12 heavy (non-hydrogen) atoms. The maximum Gasteiger partial charge on any atom is 0.133 e. The van der Waals surface area contributed by atoms with Crippen LogP contribution in [-0.2, 0) is 4.74 Å². The molecule has 64 valence electrons. The van der Waals surface area contributed by atoms with Crippen LogP contribution in [0.5, 0.6) is 0 Å². The number of benzene rings is 1. The van der Waals surface area contributed by atoms with Gasteiger partial charge in [0.2, 0.25) is 0 Å². The average Bonchev–Trinajstić information content (AvgIpc) is 2.08. The molecule has 0 aliphatic carbocycles. The second-order valence-corrected chi connectivity index (χ2v) is 2.52. The molecule has 0 radical (unpaired) electrons. The van der Waals surface area contributed by atoms with E-state index in [1.54, 1.807) is 25.1 Å². The van der Waals surface area contributed by atoms with Crippen LogP contribution in [0.2, 0.25) is 0 Å². The monoisotopic (exact) mass is 166 g/mol. The van der Waals surface area contributed by atoms with Gasteiger partial charge < -0.3 is 4.74 Å². The lowest BCUT2D eigenvalue weighted by Crippen LogP contribution is -1.85. The third-order valence-electron chi connectivity index (χ3n) is 1.61. The van der Waals surface area contributed by atoms with E-state index in [2.05, 4.69) is 0 Å². The van der Waals surface area contributed by atoms with Crippen LogP contribution in [0.15, 0.2) is 24.5 Å². The van der Waals surface area contributed by atoms with Crippen molar-refractivity contribution in [3.8, 4) is 0 Å². The van der Waals surface area contributed by atoms with Gasteiger partial charge in [-0.15, -0.1) is 0 Å². The van der Waals surface area contributed by atoms with E-state index >= 15 is 0 Å². The summed E-state index contributed by atoms with van der Waals surface area (Å²) in [7, 11) is 1.53. The second-order valence-electron chi connectivity index (χ2n) is 2.52. The Morgan fingerprint density at radius 2 is 2.17 bits per heavy atom. The highest BCUT2D eigenvalue weighted by molar-refractivity contribution is 5.50. The van der Waals surface area contributed by atoms with Crippen molar-refractivity contribution in [2.75, 3.05) is 7.11 Å². The van der Waals surface area contributed by atoms with Crippen molar-refractivity contribution in [2.45, 2.75) is 6.92 Å². The predicted molar refractivity (Wildman–Crippen MR) is 47.2 cm³/mol. The van der Waals surface area contributed by atoms with Gasteiger partial charge in [0, 0.05) is 5.56 Å². The first-order chi connectivity index (χ1) is 5.75. The van der Waals surface area contributed by atoms with Crippen LogP contribution < -0.4 is 0 Å². The SMILES string of the molecule is CO/C=C/c1cccc(C)c1F. The fraction of sp³-hybridized carbons (Fsp3) is 0.200. The van der Waals surface area contributed by atoms with Crippen molar-refractivity contribution in [1.29, 1.82) is 0 Å². The molecule has 1 rings (SSSR count). The Labute approximate surface area is 71.5 Å². The van der Waals surface area contributed by atoms with Gasteiger partial charge >= 0.3 is 0 Å². The zero-order chi connectivity index (χ0) is 8.97. The van der Waals surface area contributed by atoms with Gasteiger partial charge in [-0.1, -0.05) is 18.2 Å². The topological polar surface area (TPSA) is 9.23 Å². The van der Waals surface area contributed by atoms with E-state index in [0.717, 1.165) is 0 Å². The molecule has 0 heterocycles. The zero-order valence-corrected chi connectivity index (χ0v) is 7.17. The highest BCUT2D eigenvalue weighted by Gasteiger charge is 1.99. The summed E-state index contributed by atoms with van der Waals surface area (Å²) in [4.78, 5) is 0. The first-order valence-electron chi connectivity index (χ1n) is 3.70. The molecule has 0 amide bonds. The Morgan fingerprint density at radius 1 is 1.42 bits per heavy atom. The molecule has 1 nitrogen and oxygen atoms in total. The number of hydrogen-bond donors (Lipinski definition) is 0. The molecule has 0 fully saturated rings. The molecule has 2 heteroatoms. The fourth-order valence-corrected chi connectivity index (χ4v) is 0.940. The standard InChI is InChI=1S/C10H11FO/c1-8-4-3-5-9(10(8)11)6-7-12-2/h3-7H,1-2H3/b7-6+. The molecule has 0 aliphatic rings. The summed E-state index contributed by atoms with van der Waals surface area (Å²) in [6, 6.07) is 5.26. The molecule has 0 bridgehead atoms. The van der Waals surface area contributed by atoms with Gasteiger partial charge in [-0.25, -0.2) is 4.39 Å². The molecule has 0 unspecified atom stereocenters. The fourth-order valence-electron chi connectivity index (χ4n) is 0.940. The van der Waals surface area contributed by atoms with Crippen LogP contribution in [0.3, 0.4) is 0 Å². The Morgan fingerprint density at radius 3 is 2.83 bits per heavy atom. The minimum absolute atomic E-state index is 0.189. The Bertz CT molecular complexity index is 292. The molecule has 0 atom stereocenters. The van der Waals surface area contributed by atoms with Gasteiger partial charge in [-0.05, 0) is 18.6 Å². The van der Waals surface area contributed by atoms with Crippen molar-refractivity contribution in [3.05, 3.63) is 41.4 Å². The number of halogens is 1. The van der Waals surface area contributed by atoms with E-state index in [9.17, 15) is 4.39 Å². The highest BCUT2D eigenvalue weighted by atomic mass is 19.1. The molecule has 0 spiro atoms. The van der Waals surface area contributed by atoms with Crippen LogP contribution in [0.25, 0.3) is 6.08 Å². The third kappa shape index (κ3) is 1.84. The van der Waals surface area contributed by atoms with E-state index in [-0.39, 0.29) is 5.82 Å². The quantitative estimate of drug-likeness (QED) is 0.614. The van der Waals surface area contributed by atoms with Crippen LogP contribution in [0.4, 0.5) is 4.39 Å². The van der Waals surface area contributed by atoms with Crippen molar-refractivity contribution in [3.63, 3.8) is 0 Å². The number of methoxy groups -OCH3 is 1. The average molecular weight is 166 g/mol. The Balaban J connectivity index is 3.00. The molecular weight excluding hydrogens is 155 g/mol. The first kappa shape index (κ1) is 8.78. The van der Waals surface area contributed by atoms with Crippen LogP contribution in [0, 0.1) is 12.7 Å². The zero-order valence-electron chi connectivity index (χ0n) is 7.17. The second kappa shape index (κ2) is 3.90. The molecule has 0 N–H and O–H groups in total. The van der Waals surface area contributed by atoms with Crippen molar-refractivity contribution in [1.82, 2.24) is 0 Å². The summed E-state index contributed by atoms with van der Waals surface area (Å²) >= 11 is 0. The maximum atomic E-state index is 13.2. The molecule has 1 aromatic rings. The lowest BCUT2D eigenvalue weighted by molar-refractivity contribution is 0.341. The number of ether oxygens (including phenoxy) is 1. The van der Waals surface area contributed by atoms with Crippen molar-refractivity contribution < 1.29 is 9.13 Å². The van der Waals surface area contributed by atoms with Gasteiger partial charge in [-0.2, -0.15) is 0 Å². The van der Waals surface area contributed by atoms with Gasteiger partial charge in [-0.3, -0.25) is 0 Å². The molecule has 0 aromatic heterocycles. The van der Waals surface area contributed by atoms with E-state index in [0.29, 0.717) is 11.1 Å². The van der Waals surface area contributed by atoms with E-state index in [1.165, 1.54) is 13.4 Å². The first-order valence-corrected chi connectivity index (χ1v) is 3.70. The minimum atomic E-state index is -0.189. The summed E-state index contributed by atoms with van der Waals surface area (Å²) in [5.74, 6) is -0.189. The lowest BCUT2D eigenvalue weighted by Gasteiger charge is -1.99. The van der Waals surface area contributed by atoms with E-state index in [4.69, 9.17) is 4.74 Å². The van der Waals surface area contributed by atoms with Crippen LogP contribution in [0.1, 0.15) is 11.1 Å². The summed E-state index contributed by atoms with van der Waals surface area (Å²) in [6.07, 6.45) is 3.06. The largest absolute Gasteiger partial charge is 0.504 e. The summed E-state index contributed by atoms with van der Waals surface area (Å²) in [5, 5.41) is 0. The maximum absolute atomic E-state index is 13.2. The molecular formula is C10H11FO. The summed E-state index contributed by atoms with van der Waals surface area (Å²) < 4.78 is 17.9. The van der Waals surface area contributed by atoms with Crippen molar-refractivity contribution >= 4 is 6.08 Å².